The Morgan fingerprint density at radius 2 is 2.03 bits per heavy atom. The van der Waals surface area contributed by atoms with Gasteiger partial charge in [-0.25, -0.2) is 18.2 Å². The van der Waals surface area contributed by atoms with Crippen molar-refractivity contribution in [2.45, 2.75) is 30.2 Å². The molecule has 1 aliphatic carbocycles. The largest absolute Gasteiger partial charge is 0.465 e. The first-order chi connectivity index (χ1) is 14.5. The summed E-state index contributed by atoms with van der Waals surface area (Å²) in [6, 6.07) is 9.45. The number of hydrogen-bond acceptors (Lipinski definition) is 7. The molecule has 8 nitrogen and oxygen atoms in total. The number of nitrogens with one attached hydrogen (secondary N) is 1. The summed E-state index contributed by atoms with van der Waals surface area (Å²) in [6.07, 6.45) is 4.22. The number of esters is 1. The van der Waals surface area contributed by atoms with Crippen LogP contribution < -0.4 is 5.32 Å². The van der Waals surface area contributed by atoms with E-state index in [1.54, 1.807) is 0 Å². The second-order valence-corrected chi connectivity index (χ2v) is 9.27. The number of carbonyl (C=O) groups is 1. The fourth-order valence-corrected chi connectivity index (χ4v) is 5.51. The first kappa shape index (κ1) is 20.8. The van der Waals surface area contributed by atoms with Gasteiger partial charge in [0.05, 0.1) is 31.9 Å². The maximum Gasteiger partial charge on any atom is 0.339 e. The maximum atomic E-state index is 13.4. The Bertz CT molecular complexity index is 1030. The number of methoxy groups -OCH3 is 1. The molecule has 1 unspecified atom stereocenters. The Morgan fingerprint density at radius 3 is 2.80 bits per heavy atom. The number of aromatic nitrogens is 1. The molecule has 4 rings (SSSR count). The Morgan fingerprint density at radius 1 is 1.27 bits per heavy atom. The standard InChI is InChI=1S/C21H25N3O5S/c1-28-21(25)16-13-19(30(26,27)24-9-11-29-12-10-24)20(22-14-16)23-18-8-4-6-15-5-2-3-7-17(15)18/h2-3,5,7,13-14,18H,4,6,8-12H2,1H3,(H,22,23). The second-order valence-electron chi connectivity index (χ2n) is 7.37. The molecule has 9 heteroatoms. The molecule has 1 aromatic carbocycles. The summed E-state index contributed by atoms with van der Waals surface area (Å²) in [4.78, 5) is 16.3. The molecule has 0 saturated carbocycles. The summed E-state index contributed by atoms with van der Waals surface area (Å²) in [5, 5.41) is 3.33. The van der Waals surface area contributed by atoms with Crippen LogP contribution in [0.1, 0.15) is 40.4 Å². The smallest absolute Gasteiger partial charge is 0.339 e. The molecule has 1 fully saturated rings. The minimum Gasteiger partial charge on any atom is -0.465 e. The van der Waals surface area contributed by atoms with Crippen LogP contribution >= 0.6 is 0 Å². The van der Waals surface area contributed by atoms with Gasteiger partial charge in [0.25, 0.3) is 0 Å². The quantitative estimate of drug-likeness (QED) is 0.726. The Balaban J connectivity index is 1.74. The SMILES string of the molecule is COC(=O)c1cnc(NC2CCCc3ccccc32)c(S(=O)(=O)N2CCOCC2)c1. The summed E-state index contributed by atoms with van der Waals surface area (Å²) < 4.78 is 38.2. The van der Waals surface area contributed by atoms with Gasteiger partial charge in [-0.3, -0.25) is 0 Å². The summed E-state index contributed by atoms with van der Waals surface area (Å²) >= 11 is 0. The molecule has 0 bridgehead atoms. The van der Waals surface area contributed by atoms with Crippen molar-refractivity contribution < 1.29 is 22.7 Å². The fraction of sp³-hybridized carbons (Fsp3) is 0.429. The number of ether oxygens (including phenoxy) is 2. The molecule has 1 aromatic heterocycles. The predicted molar refractivity (Wildman–Crippen MR) is 111 cm³/mol. The molecular weight excluding hydrogens is 406 g/mol. The monoisotopic (exact) mass is 431 g/mol. The topological polar surface area (TPSA) is 97.8 Å². The van der Waals surface area contributed by atoms with Crippen molar-refractivity contribution in [3.63, 3.8) is 0 Å². The van der Waals surface area contributed by atoms with Gasteiger partial charge in [0.1, 0.15) is 10.7 Å². The average Bonchev–Trinajstić information content (AvgIpc) is 2.79. The molecule has 2 aromatic rings. The van der Waals surface area contributed by atoms with Crippen molar-refractivity contribution in [1.29, 1.82) is 0 Å². The lowest BCUT2D eigenvalue weighted by Crippen LogP contribution is -2.41. The van der Waals surface area contributed by atoms with Crippen LogP contribution in [0.4, 0.5) is 5.82 Å². The summed E-state index contributed by atoms with van der Waals surface area (Å²) in [7, 11) is -2.61. The minimum atomic E-state index is -3.86. The van der Waals surface area contributed by atoms with Crippen molar-refractivity contribution in [2.75, 3.05) is 38.7 Å². The van der Waals surface area contributed by atoms with Gasteiger partial charge in [-0.05, 0) is 36.5 Å². The van der Waals surface area contributed by atoms with Crippen molar-refractivity contribution >= 4 is 21.8 Å². The van der Waals surface area contributed by atoms with Gasteiger partial charge in [-0.1, -0.05) is 24.3 Å². The number of morpholine rings is 1. The Hall–Kier alpha value is -2.49. The van der Waals surface area contributed by atoms with Crippen LogP contribution in [0, 0.1) is 0 Å². The van der Waals surface area contributed by atoms with E-state index in [4.69, 9.17) is 9.47 Å². The highest BCUT2D eigenvalue weighted by Crippen LogP contribution is 2.34. The number of aryl methyl sites for hydroxylation is 1. The van der Waals surface area contributed by atoms with E-state index in [2.05, 4.69) is 22.4 Å². The number of hydrogen-bond donors (Lipinski definition) is 1. The van der Waals surface area contributed by atoms with E-state index in [1.165, 1.54) is 29.2 Å². The predicted octanol–water partition coefficient (Wildman–Crippen LogP) is 2.38. The molecule has 0 spiro atoms. The average molecular weight is 432 g/mol. The number of sulfonamides is 1. The lowest BCUT2D eigenvalue weighted by atomic mass is 9.88. The van der Waals surface area contributed by atoms with Gasteiger partial charge in [-0.2, -0.15) is 4.31 Å². The number of nitrogens with zero attached hydrogens (tertiary/aromatic N) is 2. The van der Waals surface area contributed by atoms with E-state index >= 15 is 0 Å². The van der Waals surface area contributed by atoms with Crippen molar-refractivity contribution in [2.24, 2.45) is 0 Å². The lowest BCUT2D eigenvalue weighted by molar-refractivity contribution is 0.0600. The van der Waals surface area contributed by atoms with Crippen LogP contribution in [0.25, 0.3) is 0 Å². The first-order valence-electron chi connectivity index (χ1n) is 10.0. The maximum absolute atomic E-state index is 13.4. The summed E-state index contributed by atoms with van der Waals surface area (Å²) in [5.41, 5.74) is 2.50. The molecule has 1 atom stereocenters. The second kappa shape index (κ2) is 8.71. The molecule has 2 aliphatic rings. The lowest BCUT2D eigenvalue weighted by Gasteiger charge is -2.29. The van der Waals surface area contributed by atoms with Gasteiger partial charge in [-0.15, -0.1) is 0 Å². The molecular formula is C21H25N3O5S. The van der Waals surface area contributed by atoms with Crippen LogP contribution in [0.3, 0.4) is 0 Å². The molecule has 1 aliphatic heterocycles. The molecule has 0 radical (unpaired) electrons. The number of anilines is 1. The third-order valence-electron chi connectivity index (χ3n) is 5.54. The number of benzene rings is 1. The van der Waals surface area contributed by atoms with Crippen LogP contribution in [-0.4, -0.2) is 57.1 Å². The van der Waals surface area contributed by atoms with Crippen molar-refractivity contribution in [1.82, 2.24) is 9.29 Å². The van der Waals surface area contributed by atoms with E-state index in [9.17, 15) is 13.2 Å². The van der Waals surface area contributed by atoms with Gasteiger partial charge in [0, 0.05) is 19.3 Å². The molecule has 1 N–H and O–H groups in total. The van der Waals surface area contributed by atoms with Crippen LogP contribution in [0.15, 0.2) is 41.4 Å². The van der Waals surface area contributed by atoms with Gasteiger partial charge in [0.2, 0.25) is 10.0 Å². The molecule has 2 heterocycles. The van der Waals surface area contributed by atoms with Crippen molar-refractivity contribution in [3.8, 4) is 0 Å². The highest BCUT2D eigenvalue weighted by Gasteiger charge is 2.32. The van der Waals surface area contributed by atoms with E-state index in [-0.39, 0.29) is 35.4 Å². The molecule has 30 heavy (non-hydrogen) atoms. The zero-order valence-electron chi connectivity index (χ0n) is 16.8. The third kappa shape index (κ3) is 4.05. The Labute approximate surface area is 176 Å². The molecule has 0 amide bonds. The van der Waals surface area contributed by atoms with Crippen LogP contribution in [0.2, 0.25) is 0 Å². The Kier molecular flexibility index (Phi) is 6.03. The zero-order chi connectivity index (χ0) is 21.1. The summed E-state index contributed by atoms with van der Waals surface area (Å²) in [6.45, 7) is 1.19. The van der Waals surface area contributed by atoms with E-state index in [0.29, 0.717) is 13.2 Å². The summed E-state index contributed by atoms with van der Waals surface area (Å²) in [5.74, 6) is -0.383. The highest BCUT2D eigenvalue weighted by atomic mass is 32.2. The van der Waals surface area contributed by atoms with Gasteiger partial charge < -0.3 is 14.8 Å². The van der Waals surface area contributed by atoms with Gasteiger partial charge >= 0.3 is 5.97 Å². The fourth-order valence-electron chi connectivity index (χ4n) is 3.97. The van der Waals surface area contributed by atoms with E-state index < -0.39 is 16.0 Å². The molecule has 160 valence electrons. The third-order valence-corrected chi connectivity index (χ3v) is 7.45. The van der Waals surface area contributed by atoms with Crippen LogP contribution in [0.5, 0.6) is 0 Å². The minimum absolute atomic E-state index is 0.0182. The highest BCUT2D eigenvalue weighted by molar-refractivity contribution is 7.89. The first-order valence-corrected chi connectivity index (χ1v) is 11.5. The van der Waals surface area contributed by atoms with Gasteiger partial charge in [0.15, 0.2) is 0 Å². The van der Waals surface area contributed by atoms with Crippen LogP contribution in [-0.2, 0) is 25.9 Å². The molecule has 1 saturated heterocycles. The van der Waals surface area contributed by atoms with E-state index in [0.717, 1.165) is 24.8 Å². The number of carbonyl (C=O) groups excluding carboxylic acids is 1. The number of fused-ring (bicyclic) bond motifs is 1. The zero-order valence-corrected chi connectivity index (χ0v) is 17.7. The number of pyridine rings is 1. The normalized spacial score (nSPS) is 19.7. The van der Waals surface area contributed by atoms with Crippen molar-refractivity contribution in [3.05, 3.63) is 53.2 Å². The number of rotatable bonds is 5. The van der Waals surface area contributed by atoms with E-state index in [1.807, 2.05) is 12.1 Å².